The lowest BCUT2D eigenvalue weighted by Gasteiger charge is -1.98. The maximum absolute atomic E-state index is 10.4. The van der Waals surface area contributed by atoms with Crippen LogP contribution in [0.3, 0.4) is 0 Å². The van der Waals surface area contributed by atoms with Gasteiger partial charge in [0, 0.05) is 17.7 Å². The van der Waals surface area contributed by atoms with Crippen LogP contribution < -0.4 is 0 Å². The molecule has 14 heavy (non-hydrogen) atoms. The van der Waals surface area contributed by atoms with Gasteiger partial charge in [-0.2, -0.15) is 0 Å². The second-order valence-electron chi connectivity index (χ2n) is 2.43. The van der Waals surface area contributed by atoms with Crippen LogP contribution in [0.4, 0.5) is 5.69 Å². The van der Waals surface area contributed by atoms with Gasteiger partial charge in [0.15, 0.2) is 0 Å². The molecule has 0 fully saturated rings. The van der Waals surface area contributed by atoms with E-state index in [2.05, 4.69) is 0 Å². The van der Waals surface area contributed by atoms with Gasteiger partial charge in [0.1, 0.15) is 10.2 Å². The van der Waals surface area contributed by atoms with Crippen molar-refractivity contribution in [3.05, 3.63) is 38.4 Å². The van der Waals surface area contributed by atoms with Gasteiger partial charge in [-0.05, 0) is 12.1 Å². The van der Waals surface area contributed by atoms with Crippen molar-refractivity contribution in [1.29, 1.82) is 0 Å². The van der Waals surface area contributed by atoms with E-state index in [1.165, 1.54) is 24.3 Å². The molecule has 0 aromatic heterocycles. The minimum Gasteiger partial charge on any atom is -0.507 e. The summed E-state index contributed by atoms with van der Waals surface area (Å²) in [5.74, 6) is -0.116. The Morgan fingerprint density at radius 1 is 1.50 bits per heavy atom. The lowest BCUT2D eigenvalue weighted by molar-refractivity contribution is -0.384. The van der Waals surface area contributed by atoms with E-state index >= 15 is 0 Å². The summed E-state index contributed by atoms with van der Waals surface area (Å²) in [4.78, 5) is 9.82. The van der Waals surface area contributed by atoms with Gasteiger partial charge in [-0.1, -0.05) is 23.2 Å². The lowest BCUT2D eigenvalue weighted by Crippen LogP contribution is -1.88. The van der Waals surface area contributed by atoms with E-state index < -0.39 is 4.92 Å². The molecular formula is C8H5Cl2NO3. The van der Waals surface area contributed by atoms with E-state index in [-0.39, 0.29) is 21.5 Å². The van der Waals surface area contributed by atoms with Gasteiger partial charge >= 0.3 is 0 Å². The SMILES string of the molecule is O=[N+]([O-])c1ccc(O)c(C=C(Cl)Cl)c1. The summed E-state index contributed by atoms with van der Waals surface area (Å²) < 4.78 is -0.0826. The number of phenols is 1. The maximum atomic E-state index is 10.4. The number of hydrogen-bond acceptors (Lipinski definition) is 3. The second-order valence-corrected chi connectivity index (χ2v) is 3.44. The number of non-ortho nitro benzene ring substituents is 1. The number of aromatic hydroxyl groups is 1. The zero-order valence-electron chi connectivity index (χ0n) is 6.78. The number of nitro benzene ring substituents is 1. The van der Waals surface area contributed by atoms with Crippen LogP contribution in [-0.2, 0) is 0 Å². The third-order valence-electron chi connectivity index (χ3n) is 1.49. The molecule has 0 atom stereocenters. The van der Waals surface area contributed by atoms with Gasteiger partial charge in [-0.3, -0.25) is 10.1 Å². The van der Waals surface area contributed by atoms with Crippen LogP contribution in [0, 0.1) is 10.1 Å². The average Bonchev–Trinajstić information content (AvgIpc) is 2.07. The Hall–Kier alpha value is -1.26. The fourth-order valence-corrected chi connectivity index (χ4v) is 1.12. The summed E-state index contributed by atoms with van der Waals surface area (Å²) in [6.07, 6.45) is 1.23. The predicted molar refractivity (Wildman–Crippen MR) is 54.4 cm³/mol. The van der Waals surface area contributed by atoms with Crippen LogP contribution in [0.5, 0.6) is 5.75 Å². The second kappa shape index (κ2) is 4.30. The van der Waals surface area contributed by atoms with Crippen LogP contribution in [0.25, 0.3) is 6.08 Å². The molecule has 0 amide bonds. The molecule has 4 nitrogen and oxygen atoms in total. The standard InChI is InChI=1S/C8H5Cl2NO3/c9-8(10)4-5-3-6(11(13)14)1-2-7(5)12/h1-4,12H. The number of benzene rings is 1. The predicted octanol–water partition coefficient (Wildman–Crippen LogP) is 3.08. The topological polar surface area (TPSA) is 63.4 Å². The normalized spacial score (nSPS) is 9.57. The fourth-order valence-electron chi connectivity index (χ4n) is 0.889. The highest BCUT2D eigenvalue weighted by Gasteiger charge is 2.08. The molecule has 0 aliphatic rings. The first-order valence-corrected chi connectivity index (χ1v) is 4.26. The van der Waals surface area contributed by atoms with Crippen molar-refractivity contribution in [2.45, 2.75) is 0 Å². The van der Waals surface area contributed by atoms with Gasteiger partial charge < -0.3 is 5.11 Å². The summed E-state index contributed by atoms with van der Waals surface area (Å²) in [7, 11) is 0. The number of halogens is 2. The van der Waals surface area contributed by atoms with E-state index in [1.807, 2.05) is 0 Å². The summed E-state index contributed by atoms with van der Waals surface area (Å²) >= 11 is 10.7. The molecule has 0 unspecified atom stereocenters. The van der Waals surface area contributed by atoms with Crippen LogP contribution in [-0.4, -0.2) is 10.0 Å². The molecule has 74 valence electrons. The van der Waals surface area contributed by atoms with Crippen LogP contribution in [0.1, 0.15) is 5.56 Å². The Bertz CT molecular complexity index is 400. The quantitative estimate of drug-likeness (QED) is 0.631. The first kappa shape index (κ1) is 10.8. The number of nitrogens with zero attached hydrogens (tertiary/aromatic N) is 1. The van der Waals surface area contributed by atoms with E-state index in [1.54, 1.807) is 0 Å². The fraction of sp³-hybridized carbons (Fsp3) is 0. The maximum Gasteiger partial charge on any atom is 0.270 e. The average molecular weight is 234 g/mol. The first-order valence-electron chi connectivity index (χ1n) is 3.51. The molecule has 0 spiro atoms. The summed E-state index contributed by atoms with van der Waals surface area (Å²) in [6.45, 7) is 0. The Morgan fingerprint density at radius 2 is 2.14 bits per heavy atom. The smallest absolute Gasteiger partial charge is 0.270 e. The monoisotopic (exact) mass is 233 g/mol. The van der Waals surface area contributed by atoms with Gasteiger partial charge in [-0.25, -0.2) is 0 Å². The zero-order chi connectivity index (χ0) is 10.7. The highest BCUT2D eigenvalue weighted by atomic mass is 35.5. The largest absolute Gasteiger partial charge is 0.507 e. The van der Waals surface area contributed by atoms with Gasteiger partial charge in [0.2, 0.25) is 0 Å². The first-order chi connectivity index (χ1) is 6.50. The molecule has 1 rings (SSSR count). The summed E-state index contributed by atoms with van der Waals surface area (Å²) in [5, 5.41) is 19.7. The van der Waals surface area contributed by atoms with Crippen molar-refractivity contribution in [2.24, 2.45) is 0 Å². The molecule has 0 aliphatic heterocycles. The van der Waals surface area contributed by atoms with Crippen molar-refractivity contribution in [2.75, 3.05) is 0 Å². The lowest BCUT2D eigenvalue weighted by atomic mass is 10.2. The molecular weight excluding hydrogens is 229 g/mol. The number of phenolic OH excluding ortho intramolecular Hbond substituents is 1. The third kappa shape index (κ3) is 2.61. The molecule has 0 saturated heterocycles. The van der Waals surface area contributed by atoms with Gasteiger partial charge in [-0.15, -0.1) is 0 Å². The van der Waals surface area contributed by atoms with Crippen molar-refractivity contribution in [3.63, 3.8) is 0 Å². The van der Waals surface area contributed by atoms with Crippen LogP contribution in [0.2, 0.25) is 0 Å². The van der Waals surface area contributed by atoms with Gasteiger partial charge in [0.25, 0.3) is 5.69 Å². The van der Waals surface area contributed by atoms with Gasteiger partial charge in [0.05, 0.1) is 4.92 Å². The zero-order valence-corrected chi connectivity index (χ0v) is 8.29. The Balaban J connectivity index is 3.22. The Morgan fingerprint density at radius 3 is 2.64 bits per heavy atom. The molecule has 1 aromatic rings. The molecule has 0 aliphatic carbocycles. The van der Waals surface area contributed by atoms with Crippen LogP contribution >= 0.6 is 23.2 Å². The third-order valence-corrected chi connectivity index (χ3v) is 1.70. The summed E-state index contributed by atoms with van der Waals surface area (Å²) in [5.41, 5.74) is 0.0721. The van der Waals surface area contributed by atoms with E-state index in [9.17, 15) is 15.2 Å². The minimum atomic E-state index is -0.571. The molecule has 0 saturated carbocycles. The molecule has 0 radical (unpaired) electrons. The molecule has 0 heterocycles. The number of hydrogen-bond donors (Lipinski definition) is 1. The minimum absolute atomic E-state index is 0.0826. The highest BCUT2D eigenvalue weighted by molar-refractivity contribution is 6.57. The number of rotatable bonds is 2. The van der Waals surface area contributed by atoms with Crippen molar-refractivity contribution in [3.8, 4) is 5.75 Å². The molecule has 0 bridgehead atoms. The number of nitro groups is 1. The molecule has 1 N–H and O–H groups in total. The Kier molecular flexibility index (Phi) is 3.33. The van der Waals surface area contributed by atoms with E-state index in [4.69, 9.17) is 23.2 Å². The van der Waals surface area contributed by atoms with Crippen LogP contribution in [0.15, 0.2) is 22.7 Å². The highest BCUT2D eigenvalue weighted by Crippen LogP contribution is 2.26. The van der Waals surface area contributed by atoms with E-state index in [0.717, 1.165) is 0 Å². The van der Waals surface area contributed by atoms with E-state index in [0.29, 0.717) is 0 Å². The van der Waals surface area contributed by atoms with Crippen molar-refractivity contribution >= 4 is 35.0 Å². The summed E-state index contributed by atoms with van der Waals surface area (Å²) in [6, 6.07) is 3.58. The van der Waals surface area contributed by atoms with Crippen molar-refractivity contribution in [1.82, 2.24) is 0 Å². The molecule has 1 aromatic carbocycles. The van der Waals surface area contributed by atoms with Crippen molar-refractivity contribution < 1.29 is 10.0 Å². The Labute approximate surface area is 89.5 Å². The molecule has 6 heteroatoms.